The molecule has 1 aromatic heterocycles. The fraction of sp³-hybridized carbons (Fsp3) is 0.727. The van der Waals surface area contributed by atoms with Gasteiger partial charge in [-0.3, -0.25) is 4.68 Å². The number of hydrogen-bond donors (Lipinski definition) is 1. The van der Waals surface area contributed by atoms with Crippen LogP contribution in [0.15, 0.2) is 0 Å². The topological polar surface area (TPSA) is 29.9 Å². The molecule has 4 heteroatoms. The molecule has 1 fully saturated rings. The number of rotatable bonds is 3. The second-order valence-corrected chi connectivity index (χ2v) is 5.29. The normalized spacial score (nSPS) is 21.1. The predicted molar refractivity (Wildman–Crippen MR) is 65.4 cm³/mol. The van der Waals surface area contributed by atoms with Gasteiger partial charge in [-0.25, -0.2) is 0 Å². The zero-order chi connectivity index (χ0) is 10.8. The molecule has 3 nitrogen and oxygen atoms in total. The van der Waals surface area contributed by atoms with Crippen molar-refractivity contribution >= 4 is 11.8 Å². The van der Waals surface area contributed by atoms with Crippen LogP contribution in [-0.2, 0) is 6.54 Å². The van der Waals surface area contributed by atoms with Crippen LogP contribution in [0.5, 0.6) is 0 Å². The van der Waals surface area contributed by atoms with E-state index >= 15 is 0 Å². The molecule has 1 aromatic rings. The Bertz CT molecular complexity index is 340. The largest absolute Gasteiger partial charge is 0.316 e. The summed E-state index contributed by atoms with van der Waals surface area (Å²) in [5.41, 5.74) is 3.89. The van der Waals surface area contributed by atoms with Gasteiger partial charge in [0.1, 0.15) is 0 Å². The fourth-order valence-corrected chi connectivity index (χ4v) is 3.39. The van der Waals surface area contributed by atoms with Gasteiger partial charge in [0.25, 0.3) is 0 Å². The summed E-state index contributed by atoms with van der Waals surface area (Å²) in [7, 11) is 1.99. The van der Waals surface area contributed by atoms with Gasteiger partial charge in [-0.2, -0.15) is 16.9 Å². The number of nitrogens with zero attached hydrogens (tertiary/aromatic N) is 2. The maximum Gasteiger partial charge on any atom is 0.0641 e. The average molecular weight is 225 g/mol. The van der Waals surface area contributed by atoms with Crippen molar-refractivity contribution in [3.05, 3.63) is 17.0 Å². The molecule has 1 aliphatic rings. The average Bonchev–Trinajstić information content (AvgIpc) is 2.81. The van der Waals surface area contributed by atoms with E-state index in [0.717, 1.165) is 6.54 Å². The molecule has 0 saturated carbocycles. The first kappa shape index (κ1) is 11.0. The minimum absolute atomic E-state index is 0.624. The number of aromatic nitrogens is 2. The molecule has 0 aromatic carbocycles. The minimum atomic E-state index is 0.624. The summed E-state index contributed by atoms with van der Waals surface area (Å²) in [5.74, 6) is 2.51. The molecule has 2 heterocycles. The third-order valence-electron chi connectivity index (χ3n) is 3.08. The summed E-state index contributed by atoms with van der Waals surface area (Å²) in [6.07, 6.45) is 1.27. The molecule has 15 heavy (non-hydrogen) atoms. The van der Waals surface area contributed by atoms with Crippen LogP contribution >= 0.6 is 11.8 Å². The van der Waals surface area contributed by atoms with Gasteiger partial charge in [-0.1, -0.05) is 0 Å². The van der Waals surface area contributed by atoms with Crippen LogP contribution in [0.4, 0.5) is 0 Å². The Morgan fingerprint density at radius 2 is 2.33 bits per heavy atom. The van der Waals surface area contributed by atoms with E-state index < -0.39 is 0 Å². The van der Waals surface area contributed by atoms with Crippen LogP contribution in [0.3, 0.4) is 0 Å². The standard InChI is InChI=1S/C11H19N3S/c1-8-11(6-12-3)9(2)14(13-8)10-4-5-15-7-10/h10,12H,4-7H2,1-3H3. The first-order valence-electron chi connectivity index (χ1n) is 5.51. The number of thioether (sulfide) groups is 1. The Kier molecular flexibility index (Phi) is 3.36. The lowest BCUT2D eigenvalue weighted by Gasteiger charge is -2.11. The van der Waals surface area contributed by atoms with Gasteiger partial charge in [0, 0.05) is 23.6 Å². The maximum absolute atomic E-state index is 4.67. The van der Waals surface area contributed by atoms with E-state index in [4.69, 9.17) is 0 Å². The molecule has 1 unspecified atom stereocenters. The molecular weight excluding hydrogens is 206 g/mol. The van der Waals surface area contributed by atoms with Gasteiger partial charge in [0.05, 0.1) is 11.7 Å². The molecule has 0 spiro atoms. The minimum Gasteiger partial charge on any atom is -0.316 e. The monoisotopic (exact) mass is 225 g/mol. The highest BCUT2D eigenvalue weighted by Crippen LogP contribution is 2.29. The zero-order valence-corrected chi connectivity index (χ0v) is 10.5. The second kappa shape index (κ2) is 4.58. The van der Waals surface area contributed by atoms with Gasteiger partial charge >= 0.3 is 0 Å². The van der Waals surface area contributed by atoms with Crippen molar-refractivity contribution in [1.29, 1.82) is 0 Å². The summed E-state index contributed by atoms with van der Waals surface area (Å²) in [6, 6.07) is 0.624. The lowest BCUT2D eigenvalue weighted by molar-refractivity contribution is 0.487. The van der Waals surface area contributed by atoms with Gasteiger partial charge in [0.2, 0.25) is 0 Å². The first-order chi connectivity index (χ1) is 7.24. The summed E-state index contributed by atoms with van der Waals surface area (Å²) in [5, 5.41) is 7.89. The molecule has 0 amide bonds. The Morgan fingerprint density at radius 3 is 2.93 bits per heavy atom. The van der Waals surface area contributed by atoms with E-state index in [1.165, 1.54) is 34.9 Å². The van der Waals surface area contributed by atoms with Crippen molar-refractivity contribution in [2.24, 2.45) is 0 Å². The van der Waals surface area contributed by atoms with Gasteiger partial charge < -0.3 is 5.32 Å². The van der Waals surface area contributed by atoms with Crippen molar-refractivity contribution in [3.63, 3.8) is 0 Å². The predicted octanol–water partition coefficient (Wildman–Crippen LogP) is 1.90. The zero-order valence-electron chi connectivity index (χ0n) is 9.71. The van der Waals surface area contributed by atoms with Crippen LogP contribution in [0.1, 0.15) is 29.4 Å². The summed E-state index contributed by atoms with van der Waals surface area (Å²) >= 11 is 2.04. The summed E-state index contributed by atoms with van der Waals surface area (Å²) in [4.78, 5) is 0. The highest BCUT2D eigenvalue weighted by molar-refractivity contribution is 7.99. The van der Waals surface area contributed by atoms with Crippen molar-refractivity contribution in [3.8, 4) is 0 Å². The van der Waals surface area contributed by atoms with E-state index in [1.54, 1.807) is 0 Å². The SMILES string of the molecule is CNCc1c(C)nn(C2CCSC2)c1C. The van der Waals surface area contributed by atoms with E-state index in [2.05, 4.69) is 28.9 Å². The van der Waals surface area contributed by atoms with Crippen LogP contribution in [-0.4, -0.2) is 28.3 Å². The first-order valence-corrected chi connectivity index (χ1v) is 6.66. The molecular formula is C11H19N3S. The smallest absolute Gasteiger partial charge is 0.0641 e. The molecule has 0 radical (unpaired) electrons. The third-order valence-corrected chi connectivity index (χ3v) is 4.22. The van der Waals surface area contributed by atoms with Crippen LogP contribution in [0.25, 0.3) is 0 Å². The lowest BCUT2D eigenvalue weighted by Crippen LogP contribution is -2.12. The molecule has 0 aliphatic carbocycles. The van der Waals surface area contributed by atoms with Crippen LogP contribution in [0, 0.1) is 13.8 Å². The Morgan fingerprint density at radius 1 is 1.53 bits per heavy atom. The van der Waals surface area contributed by atoms with Crippen molar-refractivity contribution < 1.29 is 0 Å². The second-order valence-electron chi connectivity index (χ2n) is 4.14. The van der Waals surface area contributed by atoms with E-state index in [0.29, 0.717) is 6.04 Å². The van der Waals surface area contributed by atoms with Gasteiger partial charge in [0.15, 0.2) is 0 Å². The fourth-order valence-electron chi connectivity index (χ4n) is 2.20. The third kappa shape index (κ3) is 2.06. The van der Waals surface area contributed by atoms with Gasteiger partial charge in [-0.15, -0.1) is 0 Å². The lowest BCUT2D eigenvalue weighted by atomic mass is 10.2. The Labute approximate surface area is 95.6 Å². The van der Waals surface area contributed by atoms with E-state index in [9.17, 15) is 0 Å². The highest BCUT2D eigenvalue weighted by atomic mass is 32.2. The number of nitrogens with one attached hydrogen (secondary N) is 1. The maximum atomic E-state index is 4.67. The molecule has 1 aliphatic heterocycles. The Balaban J connectivity index is 2.27. The summed E-state index contributed by atoms with van der Waals surface area (Å²) in [6.45, 7) is 5.23. The van der Waals surface area contributed by atoms with Crippen molar-refractivity contribution in [1.82, 2.24) is 15.1 Å². The quantitative estimate of drug-likeness (QED) is 0.852. The number of hydrogen-bond acceptors (Lipinski definition) is 3. The molecule has 84 valence electrons. The molecule has 0 bridgehead atoms. The Hall–Kier alpha value is -0.480. The molecule has 1 saturated heterocycles. The number of aryl methyl sites for hydroxylation is 1. The molecule has 1 N–H and O–H groups in total. The summed E-state index contributed by atoms with van der Waals surface area (Å²) < 4.78 is 2.24. The molecule has 1 atom stereocenters. The van der Waals surface area contributed by atoms with Crippen LogP contribution < -0.4 is 5.32 Å². The van der Waals surface area contributed by atoms with E-state index in [1.807, 2.05) is 18.8 Å². The molecule has 2 rings (SSSR count). The van der Waals surface area contributed by atoms with E-state index in [-0.39, 0.29) is 0 Å². The highest BCUT2D eigenvalue weighted by Gasteiger charge is 2.21. The van der Waals surface area contributed by atoms with Gasteiger partial charge in [-0.05, 0) is 33.1 Å². The van der Waals surface area contributed by atoms with Crippen molar-refractivity contribution in [2.75, 3.05) is 18.6 Å². The van der Waals surface area contributed by atoms with Crippen molar-refractivity contribution in [2.45, 2.75) is 32.9 Å². The van der Waals surface area contributed by atoms with Crippen LogP contribution in [0.2, 0.25) is 0 Å².